The fourth-order valence-electron chi connectivity index (χ4n) is 2.64. The van der Waals surface area contributed by atoms with Gasteiger partial charge in [-0.25, -0.2) is 0 Å². The molecular weight excluding hydrogens is 208 g/mol. The number of nitrogens with zero attached hydrogens (tertiary/aromatic N) is 1. The van der Waals surface area contributed by atoms with Crippen LogP contribution >= 0.6 is 0 Å². The molecule has 0 spiro atoms. The second kappa shape index (κ2) is 4.43. The minimum Gasteiger partial charge on any atom is -0.324 e. The Balaban J connectivity index is 2.07. The zero-order valence-corrected chi connectivity index (χ0v) is 11.5. The Hall–Kier alpha value is -0.860. The molecule has 0 aliphatic heterocycles. The number of hydrogen-bond acceptors (Lipinski definition) is 2. The van der Waals surface area contributed by atoms with E-state index < -0.39 is 0 Å². The van der Waals surface area contributed by atoms with Crippen molar-refractivity contribution < 1.29 is 0 Å². The van der Waals surface area contributed by atoms with Crippen molar-refractivity contribution in [3.05, 3.63) is 34.4 Å². The monoisotopic (exact) mass is 232 g/mol. The molecule has 1 saturated carbocycles. The Labute approximate surface area is 105 Å². The first-order chi connectivity index (χ1) is 7.89. The summed E-state index contributed by atoms with van der Waals surface area (Å²) in [6, 6.07) is 4.54. The summed E-state index contributed by atoms with van der Waals surface area (Å²) < 4.78 is 0. The van der Waals surface area contributed by atoms with Crippen molar-refractivity contribution in [2.24, 2.45) is 5.73 Å². The summed E-state index contributed by atoms with van der Waals surface area (Å²) in [5, 5.41) is 0. The Morgan fingerprint density at radius 3 is 2.18 bits per heavy atom. The minimum atomic E-state index is 0.112. The molecule has 0 amide bonds. The van der Waals surface area contributed by atoms with E-state index in [0.29, 0.717) is 0 Å². The molecule has 2 rings (SSSR count). The maximum Gasteiger partial charge on any atom is 0.0284 e. The van der Waals surface area contributed by atoms with Crippen LogP contribution in [0.5, 0.6) is 0 Å². The highest BCUT2D eigenvalue weighted by molar-refractivity contribution is 5.37. The first-order valence-corrected chi connectivity index (χ1v) is 6.44. The van der Waals surface area contributed by atoms with Gasteiger partial charge in [-0.2, -0.15) is 0 Å². The van der Waals surface area contributed by atoms with E-state index >= 15 is 0 Å². The second-order valence-electron chi connectivity index (χ2n) is 5.91. The molecule has 1 aliphatic carbocycles. The highest BCUT2D eigenvalue weighted by Crippen LogP contribution is 2.33. The standard InChI is InChI=1S/C15H24N2/c1-11-7-12(2)14(13(3)8-11)9-17(4)10-15(16)5-6-15/h7-8H,5-6,9-10,16H2,1-4H3. The topological polar surface area (TPSA) is 29.3 Å². The molecule has 2 nitrogen and oxygen atoms in total. The van der Waals surface area contributed by atoms with Crippen molar-refractivity contribution in [3.63, 3.8) is 0 Å². The van der Waals surface area contributed by atoms with E-state index in [1.165, 1.54) is 35.1 Å². The summed E-state index contributed by atoms with van der Waals surface area (Å²) in [7, 11) is 2.17. The van der Waals surface area contributed by atoms with Crippen LogP contribution in [0.15, 0.2) is 12.1 Å². The lowest BCUT2D eigenvalue weighted by molar-refractivity contribution is 0.294. The molecule has 0 heterocycles. The number of hydrogen-bond donors (Lipinski definition) is 1. The molecule has 1 fully saturated rings. The lowest BCUT2D eigenvalue weighted by Gasteiger charge is -2.23. The summed E-state index contributed by atoms with van der Waals surface area (Å²) in [5.74, 6) is 0. The lowest BCUT2D eigenvalue weighted by Crippen LogP contribution is -2.37. The van der Waals surface area contributed by atoms with Crippen LogP contribution < -0.4 is 5.73 Å². The third kappa shape index (κ3) is 3.08. The van der Waals surface area contributed by atoms with E-state index in [1.54, 1.807) is 0 Å². The largest absolute Gasteiger partial charge is 0.324 e. The Morgan fingerprint density at radius 1 is 1.18 bits per heavy atom. The van der Waals surface area contributed by atoms with Crippen LogP contribution in [-0.2, 0) is 6.54 Å². The molecule has 2 N–H and O–H groups in total. The van der Waals surface area contributed by atoms with Gasteiger partial charge >= 0.3 is 0 Å². The second-order valence-corrected chi connectivity index (χ2v) is 5.91. The number of likely N-dealkylation sites (N-methyl/N-ethyl adjacent to an activating group) is 1. The molecule has 0 atom stereocenters. The van der Waals surface area contributed by atoms with Crippen LogP contribution in [0.4, 0.5) is 0 Å². The van der Waals surface area contributed by atoms with E-state index in [2.05, 4.69) is 44.9 Å². The average Bonchev–Trinajstić information content (AvgIpc) is 2.89. The summed E-state index contributed by atoms with van der Waals surface area (Å²) in [4.78, 5) is 2.36. The first kappa shape index (κ1) is 12.6. The van der Waals surface area contributed by atoms with Crippen molar-refractivity contribution in [2.45, 2.75) is 45.7 Å². The van der Waals surface area contributed by atoms with Gasteiger partial charge in [-0.3, -0.25) is 0 Å². The van der Waals surface area contributed by atoms with Crippen LogP contribution in [0, 0.1) is 20.8 Å². The molecule has 17 heavy (non-hydrogen) atoms. The molecule has 0 radical (unpaired) electrons. The molecule has 2 heteroatoms. The summed E-state index contributed by atoms with van der Waals surface area (Å²) in [6.45, 7) is 8.60. The zero-order chi connectivity index (χ0) is 12.6. The van der Waals surface area contributed by atoms with Crippen molar-refractivity contribution >= 4 is 0 Å². The van der Waals surface area contributed by atoms with Crippen molar-refractivity contribution in [3.8, 4) is 0 Å². The third-order valence-electron chi connectivity index (χ3n) is 3.75. The van der Waals surface area contributed by atoms with E-state index in [-0.39, 0.29) is 5.54 Å². The summed E-state index contributed by atoms with van der Waals surface area (Å²) in [5.41, 5.74) is 11.9. The lowest BCUT2D eigenvalue weighted by atomic mass is 9.99. The van der Waals surface area contributed by atoms with Crippen molar-refractivity contribution in [2.75, 3.05) is 13.6 Å². The van der Waals surface area contributed by atoms with Gasteiger partial charge in [0.25, 0.3) is 0 Å². The maximum atomic E-state index is 6.16. The SMILES string of the molecule is Cc1cc(C)c(CN(C)CC2(N)CC2)c(C)c1. The Morgan fingerprint density at radius 2 is 1.71 bits per heavy atom. The Kier molecular flexibility index (Phi) is 3.28. The van der Waals surface area contributed by atoms with Gasteiger partial charge in [-0.15, -0.1) is 0 Å². The smallest absolute Gasteiger partial charge is 0.0284 e. The fraction of sp³-hybridized carbons (Fsp3) is 0.600. The predicted molar refractivity (Wildman–Crippen MR) is 73.1 cm³/mol. The summed E-state index contributed by atoms with van der Waals surface area (Å²) in [6.07, 6.45) is 2.37. The predicted octanol–water partition coefficient (Wildman–Crippen LogP) is 2.53. The zero-order valence-electron chi connectivity index (χ0n) is 11.5. The van der Waals surface area contributed by atoms with Gasteiger partial charge in [0.1, 0.15) is 0 Å². The van der Waals surface area contributed by atoms with Crippen LogP contribution in [0.2, 0.25) is 0 Å². The van der Waals surface area contributed by atoms with Gasteiger partial charge in [-0.05, 0) is 57.4 Å². The molecule has 0 saturated heterocycles. The van der Waals surface area contributed by atoms with Gasteiger partial charge in [0, 0.05) is 18.6 Å². The average molecular weight is 232 g/mol. The number of aryl methyl sites for hydroxylation is 3. The molecule has 1 aromatic rings. The van der Waals surface area contributed by atoms with Gasteiger partial charge in [0.05, 0.1) is 0 Å². The van der Waals surface area contributed by atoms with Crippen LogP contribution in [0.25, 0.3) is 0 Å². The molecule has 0 aromatic heterocycles. The van der Waals surface area contributed by atoms with E-state index in [0.717, 1.165) is 13.1 Å². The minimum absolute atomic E-state index is 0.112. The van der Waals surface area contributed by atoms with Crippen LogP contribution in [-0.4, -0.2) is 24.0 Å². The molecular formula is C15H24N2. The normalized spacial score (nSPS) is 17.5. The molecule has 1 aromatic carbocycles. The quantitative estimate of drug-likeness (QED) is 0.864. The van der Waals surface area contributed by atoms with Crippen LogP contribution in [0.3, 0.4) is 0 Å². The van der Waals surface area contributed by atoms with Gasteiger partial charge in [-0.1, -0.05) is 17.7 Å². The number of benzene rings is 1. The molecule has 0 bridgehead atoms. The Bertz CT molecular complexity index is 396. The van der Waals surface area contributed by atoms with E-state index in [1.807, 2.05) is 0 Å². The highest BCUT2D eigenvalue weighted by Gasteiger charge is 2.38. The highest BCUT2D eigenvalue weighted by atomic mass is 15.1. The van der Waals surface area contributed by atoms with Crippen molar-refractivity contribution in [1.29, 1.82) is 0 Å². The van der Waals surface area contributed by atoms with E-state index in [9.17, 15) is 0 Å². The molecule has 0 unspecified atom stereocenters. The number of nitrogens with two attached hydrogens (primary N) is 1. The number of rotatable bonds is 4. The van der Waals surface area contributed by atoms with Gasteiger partial charge in [0.15, 0.2) is 0 Å². The molecule has 94 valence electrons. The third-order valence-corrected chi connectivity index (χ3v) is 3.75. The fourth-order valence-corrected chi connectivity index (χ4v) is 2.64. The summed E-state index contributed by atoms with van der Waals surface area (Å²) >= 11 is 0. The van der Waals surface area contributed by atoms with E-state index in [4.69, 9.17) is 5.73 Å². The maximum absolute atomic E-state index is 6.16. The molecule has 1 aliphatic rings. The van der Waals surface area contributed by atoms with Crippen LogP contribution in [0.1, 0.15) is 35.1 Å². The van der Waals surface area contributed by atoms with Crippen molar-refractivity contribution in [1.82, 2.24) is 4.90 Å². The van der Waals surface area contributed by atoms with Gasteiger partial charge in [0.2, 0.25) is 0 Å². The van der Waals surface area contributed by atoms with Gasteiger partial charge < -0.3 is 10.6 Å². The first-order valence-electron chi connectivity index (χ1n) is 6.44.